The first kappa shape index (κ1) is 12.3. The van der Waals surface area contributed by atoms with Gasteiger partial charge in [-0.15, -0.1) is 0 Å². The zero-order chi connectivity index (χ0) is 13.1. The Hall–Kier alpha value is -2.11. The minimum absolute atomic E-state index is 0.602. The van der Waals surface area contributed by atoms with Gasteiger partial charge in [0.2, 0.25) is 11.6 Å². The number of aromatic nitrogens is 4. The Labute approximate surface area is 106 Å². The van der Waals surface area contributed by atoms with Crippen LogP contribution >= 0.6 is 0 Å². The highest BCUT2D eigenvalue weighted by molar-refractivity contribution is 5.58. The number of nitrogens with zero attached hydrogens (tertiary/aromatic N) is 4. The SMILES string of the molecule is CCNc1ncnc(-n2nc(C)cc2C)c1OC. The van der Waals surface area contributed by atoms with Gasteiger partial charge in [0.25, 0.3) is 0 Å². The zero-order valence-corrected chi connectivity index (χ0v) is 11.1. The van der Waals surface area contributed by atoms with Crippen LogP contribution in [0.4, 0.5) is 5.82 Å². The fraction of sp³-hybridized carbons (Fsp3) is 0.417. The Morgan fingerprint density at radius 3 is 2.67 bits per heavy atom. The van der Waals surface area contributed by atoms with Gasteiger partial charge in [0.05, 0.1) is 12.8 Å². The number of ether oxygens (including phenoxy) is 1. The van der Waals surface area contributed by atoms with E-state index in [0.717, 1.165) is 17.9 Å². The minimum Gasteiger partial charge on any atom is -0.490 e. The lowest BCUT2D eigenvalue weighted by molar-refractivity contribution is 0.408. The number of aryl methyl sites for hydroxylation is 2. The second-order valence-electron chi connectivity index (χ2n) is 3.95. The van der Waals surface area contributed by atoms with Crippen molar-refractivity contribution in [2.45, 2.75) is 20.8 Å². The van der Waals surface area contributed by atoms with Crippen molar-refractivity contribution in [2.24, 2.45) is 0 Å². The molecule has 0 spiro atoms. The highest BCUT2D eigenvalue weighted by Crippen LogP contribution is 2.28. The average Bonchev–Trinajstić information content (AvgIpc) is 2.68. The molecule has 18 heavy (non-hydrogen) atoms. The van der Waals surface area contributed by atoms with Crippen molar-refractivity contribution in [1.82, 2.24) is 19.7 Å². The lowest BCUT2D eigenvalue weighted by atomic mass is 10.4. The molecule has 2 aromatic rings. The van der Waals surface area contributed by atoms with Crippen LogP contribution in [0.2, 0.25) is 0 Å². The first-order chi connectivity index (χ1) is 8.67. The molecule has 0 aromatic carbocycles. The predicted octanol–water partition coefficient (Wildman–Crippen LogP) is 1.72. The summed E-state index contributed by atoms with van der Waals surface area (Å²) in [6, 6.07) is 1.99. The fourth-order valence-electron chi connectivity index (χ4n) is 1.84. The molecule has 0 bridgehead atoms. The predicted molar refractivity (Wildman–Crippen MR) is 69.3 cm³/mol. The summed E-state index contributed by atoms with van der Waals surface area (Å²) in [6.07, 6.45) is 1.51. The molecule has 6 nitrogen and oxygen atoms in total. The molecule has 0 aliphatic rings. The number of anilines is 1. The molecule has 0 saturated heterocycles. The normalized spacial score (nSPS) is 10.4. The summed E-state index contributed by atoms with van der Waals surface area (Å²) in [5.41, 5.74) is 1.95. The Morgan fingerprint density at radius 2 is 2.11 bits per heavy atom. The van der Waals surface area contributed by atoms with E-state index in [-0.39, 0.29) is 0 Å². The van der Waals surface area contributed by atoms with Crippen LogP contribution in [0, 0.1) is 13.8 Å². The third kappa shape index (κ3) is 2.13. The molecule has 2 aromatic heterocycles. The summed E-state index contributed by atoms with van der Waals surface area (Å²) in [5.74, 6) is 1.93. The van der Waals surface area contributed by atoms with Crippen LogP contribution in [0.15, 0.2) is 12.4 Å². The van der Waals surface area contributed by atoms with Crippen molar-refractivity contribution in [1.29, 1.82) is 0 Å². The summed E-state index contributed by atoms with van der Waals surface area (Å²) >= 11 is 0. The van der Waals surface area contributed by atoms with Crippen molar-refractivity contribution in [3.63, 3.8) is 0 Å². The second-order valence-corrected chi connectivity index (χ2v) is 3.95. The second kappa shape index (κ2) is 5.03. The quantitative estimate of drug-likeness (QED) is 0.891. The van der Waals surface area contributed by atoms with E-state index < -0.39 is 0 Å². The molecule has 1 N–H and O–H groups in total. The van der Waals surface area contributed by atoms with Crippen LogP contribution in [-0.2, 0) is 0 Å². The monoisotopic (exact) mass is 247 g/mol. The molecule has 0 amide bonds. The highest BCUT2D eigenvalue weighted by atomic mass is 16.5. The van der Waals surface area contributed by atoms with E-state index in [4.69, 9.17) is 4.74 Å². The molecule has 0 radical (unpaired) electrons. The molecule has 6 heteroatoms. The molecular weight excluding hydrogens is 230 g/mol. The van der Waals surface area contributed by atoms with Crippen LogP contribution in [-0.4, -0.2) is 33.4 Å². The van der Waals surface area contributed by atoms with Gasteiger partial charge < -0.3 is 10.1 Å². The number of hydrogen-bond acceptors (Lipinski definition) is 5. The smallest absolute Gasteiger partial charge is 0.206 e. The van der Waals surface area contributed by atoms with Gasteiger partial charge in [0, 0.05) is 12.2 Å². The van der Waals surface area contributed by atoms with Crippen molar-refractivity contribution in [3.05, 3.63) is 23.8 Å². The van der Waals surface area contributed by atoms with E-state index in [1.54, 1.807) is 11.8 Å². The van der Waals surface area contributed by atoms with Crippen molar-refractivity contribution in [3.8, 4) is 11.6 Å². The zero-order valence-electron chi connectivity index (χ0n) is 11.1. The van der Waals surface area contributed by atoms with Gasteiger partial charge in [-0.05, 0) is 26.8 Å². The van der Waals surface area contributed by atoms with E-state index in [2.05, 4.69) is 20.4 Å². The maximum Gasteiger partial charge on any atom is 0.206 e. The lowest BCUT2D eigenvalue weighted by Gasteiger charge is -2.12. The maximum atomic E-state index is 5.40. The molecule has 2 rings (SSSR count). The van der Waals surface area contributed by atoms with Crippen molar-refractivity contribution < 1.29 is 4.74 Å². The number of rotatable bonds is 4. The molecule has 0 unspecified atom stereocenters. The van der Waals surface area contributed by atoms with Gasteiger partial charge in [-0.25, -0.2) is 14.6 Å². The summed E-state index contributed by atoms with van der Waals surface area (Å²) in [4.78, 5) is 8.43. The van der Waals surface area contributed by atoms with Gasteiger partial charge in [-0.3, -0.25) is 0 Å². The molecule has 0 aliphatic heterocycles. The van der Waals surface area contributed by atoms with Gasteiger partial charge in [0.1, 0.15) is 6.33 Å². The van der Waals surface area contributed by atoms with Gasteiger partial charge >= 0.3 is 0 Å². The van der Waals surface area contributed by atoms with Gasteiger partial charge in [0.15, 0.2) is 5.82 Å². The Bertz CT molecular complexity index is 549. The molecule has 0 aliphatic carbocycles. The third-order valence-corrected chi connectivity index (χ3v) is 2.54. The number of nitrogens with one attached hydrogen (secondary N) is 1. The Kier molecular flexibility index (Phi) is 3.45. The van der Waals surface area contributed by atoms with Crippen LogP contribution in [0.3, 0.4) is 0 Å². The van der Waals surface area contributed by atoms with Gasteiger partial charge in [-0.1, -0.05) is 0 Å². The highest BCUT2D eigenvalue weighted by Gasteiger charge is 2.15. The standard InChI is InChI=1S/C12H17N5O/c1-5-13-11-10(18-4)12(15-7-14-11)17-9(3)6-8(2)16-17/h6-7H,5H2,1-4H3,(H,13,14,15). The fourth-order valence-corrected chi connectivity index (χ4v) is 1.84. The van der Waals surface area contributed by atoms with E-state index in [1.165, 1.54) is 6.33 Å². The summed E-state index contributed by atoms with van der Waals surface area (Å²) in [7, 11) is 1.61. The van der Waals surface area contributed by atoms with E-state index in [9.17, 15) is 0 Å². The molecule has 0 fully saturated rings. The first-order valence-electron chi connectivity index (χ1n) is 5.83. The van der Waals surface area contributed by atoms with Crippen LogP contribution in [0.1, 0.15) is 18.3 Å². The summed E-state index contributed by atoms with van der Waals surface area (Å²) < 4.78 is 7.16. The minimum atomic E-state index is 0.602. The van der Waals surface area contributed by atoms with Crippen LogP contribution in [0.25, 0.3) is 5.82 Å². The summed E-state index contributed by atoms with van der Waals surface area (Å²) in [5, 5.41) is 7.56. The summed E-state index contributed by atoms with van der Waals surface area (Å²) in [6.45, 7) is 6.70. The van der Waals surface area contributed by atoms with Crippen LogP contribution < -0.4 is 10.1 Å². The lowest BCUT2D eigenvalue weighted by Crippen LogP contribution is -2.09. The van der Waals surface area contributed by atoms with E-state index >= 15 is 0 Å². The first-order valence-corrected chi connectivity index (χ1v) is 5.83. The van der Waals surface area contributed by atoms with Crippen molar-refractivity contribution in [2.75, 3.05) is 19.0 Å². The molecular formula is C12H17N5O. The number of methoxy groups -OCH3 is 1. The van der Waals surface area contributed by atoms with E-state index in [0.29, 0.717) is 17.4 Å². The van der Waals surface area contributed by atoms with Crippen LogP contribution in [0.5, 0.6) is 5.75 Å². The van der Waals surface area contributed by atoms with Gasteiger partial charge in [-0.2, -0.15) is 5.10 Å². The molecule has 0 atom stereocenters. The maximum absolute atomic E-state index is 5.40. The Morgan fingerprint density at radius 1 is 1.33 bits per heavy atom. The number of hydrogen-bond donors (Lipinski definition) is 1. The van der Waals surface area contributed by atoms with E-state index in [1.807, 2.05) is 26.8 Å². The van der Waals surface area contributed by atoms with Crippen molar-refractivity contribution >= 4 is 5.82 Å². The molecule has 2 heterocycles. The molecule has 0 saturated carbocycles. The Balaban J connectivity index is 2.56. The molecule has 96 valence electrons. The third-order valence-electron chi connectivity index (χ3n) is 2.54. The topological polar surface area (TPSA) is 64.9 Å². The average molecular weight is 247 g/mol. The largest absolute Gasteiger partial charge is 0.490 e.